The van der Waals surface area contributed by atoms with E-state index in [4.69, 9.17) is 4.74 Å². The number of aryl methyl sites for hydroxylation is 2. The zero-order valence-electron chi connectivity index (χ0n) is 14.5. The molecule has 0 bridgehead atoms. The molecule has 24 heavy (non-hydrogen) atoms. The highest BCUT2D eigenvalue weighted by atomic mass is 32.2. The number of nitrogens with one attached hydrogen (secondary N) is 1. The average molecular weight is 343 g/mol. The van der Waals surface area contributed by atoms with E-state index in [1.165, 1.54) is 11.1 Å². The Morgan fingerprint density at radius 1 is 1.12 bits per heavy atom. The zero-order chi connectivity index (χ0) is 17.4. The first kappa shape index (κ1) is 18.4. The summed E-state index contributed by atoms with van der Waals surface area (Å²) in [6.45, 7) is 6.73. The van der Waals surface area contributed by atoms with Crippen molar-refractivity contribution >= 4 is 17.7 Å². The van der Waals surface area contributed by atoms with Crippen LogP contribution in [-0.2, 0) is 4.79 Å². The smallest absolute Gasteiger partial charge is 0.230 e. The molecule has 0 aliphatic carbocycles. The van der Waals surface area contributed by atoms with Crippen molar-refractivity contribution in [2.45, 2.75) is 26.8 Å². The molecule has 1 amide bonds. The molecule has 128 valence electrons. The summed E-state index contributed by atoms with van der Waals surface area (Å²) in [4.78, 5) is 12.0. The van der Waals surface area contributed by atoms with Crippen molar-refractivity contribution in [3.8, 4) is 5.75 Å². The molecule has 0 spiro atoms. The number of amides is 1. The number of benzene rings is 2. The molecule has 0 aromatic heterocycles. The van der Waals surface area contributed by atoms with Gasteiger partial charge in [-0.2, -0.15) is 0 Å². The number of thioether (sulfide) groups is 1. The molecular weight excluding hydrogens is 318 g/mol. The third kappa shape index (κ3) is 6.28. The maximum absolute atomic E-state index is 12.0. The minimum Gasteiger partial charge on any atom is -0.493 e. The fraction of sp³-hybridized carbons (Fsp3) is 0.350. The Morgan fingerprint density at radius 3 is 2.46 bits per heavy atom. The lowest BCUT2D eigenvalue weighted by molar-refractivity contribution is -0.119. The molecule has 2 aromatic rings. The van der Waals surface area contributed by atoms with Crippen molar-refractivity contribution in [1.29, 1.82) is 0 Å². The predicted octanol–water partition coefficient (Wildman–Crippen LogP) is 4.29. The molecule has 0 heterocycles. The fourth-order valence-corrected chi connectivity index (χ4v) is 3.12. The van der Waals surface area contributed by atoms with Gasteiger partial charge in [0.2, 0.25) is 5.91 Å². The molecule has 0 unspecified atom stereocenters. The van der Waals surface area contributed by atoms with E-state index in [2.05, 4.69) is 25.2 Å². The molecular formula is C20H25NO2S. The highest BCUT2D eigenvalue weighted by Gasteiger charge is 2.08. The van der Waals surface area contributed by atoms with Crippen LogP contribution in [0.3, 0.4) is 0 Å². The molecule has 0 radical (unpaired) electrons. The van der Waals surface area contributed by atoms with Crippen molar-refractivity contribution < 1.29 is 9.53 Å². The van der Waals surface area contributed by atoms with Crippen LogP contribution in [-0.4, -0.2) is 24.0 Å². The minimum absolute atomic E-state index is 0.0332. The van der Waals surface area contributed by atoms with Crippen LogP contribution in [0.4, 0.5) is 0 Å². The summed E-state index contributed by atoms with van der Waals surface area (Å²) < 4.78 is 5.75. The summed E-state index contributed by atoms with van der Waals surface area (Å²) in [5, 5.41) is 3.02. The van der Waals surface area contributed by atoms with Crippen molar-refractivity contribution in [2.75, 3.05) is 18.1 Å². The van der Waals surface area contributed by atoms with Crippen LogP contribution in [0.2, 0.25) is 0 Å². The van der Waals surface area contributed by atoms with Gasteiger partial charge in [0.1, 0.15) is 5.75 Å². The lowest BCUT2D eigenvalue weighted by atomic mass is 10.1. The molecule has 0 aliphatic rings. The maximum atomic E-state index is 12.0. The summed E-state index contributed by atoms with van der Waals surface area (Å²) in [5.41, 5.74) is 3.52. The number of hydrogen-bond acceptors (Lipinski definition) is 3. The number of hydrogen-bond donors (Lipinski definition) is 1. The van der Waals surface area contributed by atoms with Crippen molar-refractivity contribution in [1.82, 2.24) is 5.32 Å². The second-order valence-electron chi connectivity index (χ2n) is 5.92. The van der Waals surface area contributed by atoms with Gasteiger partial charge in [0.15, 0.2) is 0 Å². The Kier molecular flexibility index (Phi) is 7.19. The first-order valence-corrected chi connectivity index (χ1v) is 9.33. The number of rotatable bonds is 8. The van der Waals surface area contributed by atoms with E-state index in [1.54, 1.807) is 11.8 Å². The van der Waals surface area contributed by atoms with Gasteiger partial charge in [-0.05, 0) is 49.6 Å². The number of ether oxygens (including phenoxy) is 1. The first-order valence-electron chi connectivity index (χ1n) is 8.18. The molecule has 2 rings (SSSR count). The lowest BCUT2D eigenvalue weighted by Gasteiger charge is -2.14. The van der Waals surface area contributed by atoms with Gasteiger partial charge in [0.05, 0.1) is 18.4 Å². The molecule has 2 aromatic carbocycles. The van der Waals surface area contributed by atoms with Gasteiger partial charge in [0, 0.05) is 5.75 Å². The van der Waals surface area contributed by atoms with Crippen molar-refractivity contribution in [2.24, 2.45) is 0 Å². The fourth-order valence-electron chi connectivity index (χ4n) is 2.51. The summed E-state index contributed by atoms with van der Waals surface area (Å²) in [6, 6.07) is 16.2. The zero-order valence-corrected chi connectivity index (χ0v) is 15.4. The van der Waals surface area contributed by atoms with Gasteiger partial charge in [-0.15, -0.1) is 11.8 Å². The van der Waals surface area contributed by atoms with Crippen LogP contribution in [0.5, 0.6) is 5.75 Å². The summed E-state index contributed by atoms with van der Waals surface area (Å²) in [5.74, 6) is 2.20. The average Bonchev–Trinajstić information content (AvgIpc) is 2.54. The van der Waals surface area contributed by atoms with Gasteiger partial charge in [-0.25, -0.2) is 0 Å². The van der Waals surface area contributed by atoms with E-state index in [9.17, 15) is 4.79 Å². The van der Waals surface area contributed by atoms with Crippen LogP contribution in [0.25, 0.3) is 0 Å². The van der Waals surface area contributed by atoms with E-state index >= 15 is 0 Å². The standard InChI is InChI=1S/C20H25NO2S/c1-15-11-16(2)13-19(12-15)23-9-10-24-14-20(22)21-17(3)18-7-5-4-6-8-18/h4-8,11-13,17H,9-10,14H2,1-3H3,(H,21,22)/t17-/m1/s1. The summed E-state index contributed by atoms with van der Waals surface area (Å²) >= 11 is 1.59. The Hall–Kier alpha value is -1.94. The van der Waals surface area contributed by atoms with Crippen LogP contribution >= 0.6 is 11.8 Å². The second kappa shape index (κ2) is 9.38. The third-order valence-electron chi connectivity index (χ3n) is 3.60. The predicted molar refractivity (Wildman–Crippen MR) is 102 cm³/mol. The van der Waals surface area contributed by atoms with E-state index in [0.717, 1.165) is 17.1 Å². The summed E-state index contributed by atoms with van der Waals surface area (Å²) in [6.07, 6.45) is 0. The monoisotopic (exact) mass is 343 g/mol. The van der Waals surface area contributed by atoms with Crippen LogP contribution in [0, 0.1) is 13.8 Å². The van der Waals surface area contributed by atoms with Gasteiger partial charge in [-0.3, -0.25) is 4.79 Å². The SMILES string of the molecule is Cc1cc(C)cc(OCCSCC(=O)N[C@H](C)c2ccccc2)c1. The number of carbonyl (C=O) groups is 1. The molecule has 0 aliphatic heterocycles. The van der Waals surface area contributed by atoms with Gasteiger partial charge >= 0.3 is 0 Å². The van der Waals surface area contributed by atoms with E-state index in [-0.39, 0.29) is 11.9 Å². The Bertz CT molecular complexity index is 638. The van der Waals surface area contributed by atoms with Gasteiger partial charge in [-0.1, -0.05) is 36.4 Å². The van der Waals surface area contributed by atoms with Crippen LogP contribution in [0.1, 0.15) is 29.7 Å². The third-order valence-corrected chi connectivity index (χ3v) is 4.52. The maximum Gasteiger partial charge on any atom is 0.230 e. The van der Waals surface area contributed by atoms with Crippen LogP contribution < -0.4 is 10.1 Å². The van der Waals surface area contributed by atoms with E-state index < -0.39 is 0 Å². The molecule has 0 fully saturated rings. The molecule has 4 heteroatoms. The quantitative estimate of drug-likeness (QED) is 0.727. The molecule has 0 saturated heterocycles. The first-order chi connectivity index (χ1) is 11.5. The molecule has 1 N–H and O–H groups in total. The second-order valence-corrected chi connectivity index (χ2v) is 7.03. The lowest BCUT2D eigenvalue weighted by Crippen LogP contribution is -2.28. The number of carbonyl (C=O) groups excluding carboxylic acids is 1. The highest BCUT2D eigenvalue weighted by Crippen LogP contribution is 2.16. The van der Waals surface area contributed by atoms with Gasteiger partial charge in [0.25, 0.3) is 0 Å². The van der Waals surface area contributed by atoms with Crippen molar-refractivity contribution in [3.05, 3.63) is 65.2 Å². The minimum atomic E-state index is 0.0332. The largest absolute Gasteiger partial charge is 0.493 e. The highest BCUT2D eigenvalue weighted by molar-refractivity contribution is 7.99. The summed E-state index contributed by atoms with van der Waals surface area (Å²) in [7, 11) is 0. The molecule has 3 nitrogen and oxygen atoms in total. The Balaban J connectivity index is 1.64. The van der Waals surface area contributed by atoms with Crippen molar-refractivity contribution in [3.63, 3.8) is 0 Å². The molecule has 1 atom stereocenters. The van der Waals surface area contributed by atoms with E-state index in [1.807, 2.05) is 49.4 Å². The normalized spacial score (nSPS) is 11.8. The van der Waals surface area contributed by atoms with E-state index in [0.29, 0.717) is 12.4 Å². The van der Waals surface area contributed by atoms with Crippen LogP contribution in [0.15, 0.2) is 48.5 Å². The Morgan fingerprint density at radius 2 is 1.79 bits per heavy atom. The molecule has 0 saturated carbocycles. The Labute approximate surface area is 148 Å². The van der Waals surface area contributed by atoms with Gasteiger partial charge < -0.3 is 10.1 Å². The topological polar surface area (TPSA) is 38.3 Å².